The van der Waals surface area contributed by atoms with Gasteiger partial charge in [0.2, 0.25) is 5.91 Å². The fourth-order valence-corrected chi connectivity index (χ4v) is 7.13. The second-order valence-corrected chi connectivity index (χ2v) is 18.1. The molecule has 0 saturated heterocycles. The van der Waals surface area contributed by atoms with Crippen LogP contribution in [0.15, 0.2) is 0 Å². The van der Waals surface area contributed by atoms with Crippen LogP contribution in [0, 0.1) is 0 Å². The lowest BCUT2D eigenvalue weighted by molar-refractivity contribution is -0.144. The van der Waals surface area contributed by atoms with Gasteiger partial charge < -0.3 is 34.9 Å². The van der Waals surface area contributed by atoms with Gasteiger partial charge in [0.15, 0.2) is 0 Å². The van der Waals surface area contributed by atoms with Crippen molar-refractivity contribution in [3.63, 3.8) is 0 Å². The predicted octanol–water partition coefficient (Wildman–Crippen LogP) is 15.3. The highest BCUT2D eigenvalue weighted by Crippen LogP contribution is 2.14. The van der Waals surface area contributed by atoms with E-state index < -0.39 is 0 Å². The number of hydrogen-bond donors (Lipinski definition) is 3. The molecule has 0 bridgehead atoms. The van der Waals surface area contributed by atoms with Crippen LogP contribution in [-0.4, -0.2) is 76.1 Å². The number of rotatable bonds is 48. The lowest BCUT2D eigenvalue weighted by Crippen LogP contribution is -2.25. The summed E-state index contributed by atoms with van der Waals surface area (Å²) in [5, 5.41) is 8.68. The van der Waals surface area contributed by atoms with E-state index in [0.29, 0.717) is 58.8 Å². The Kier molecular flexibility index (Phi) is 65.0. The molecule has 0 rings (SSSR count). The first-order valence-electron chi connectivity index (χ1n) is 27.7. The normalized spacial score (nSPS) is 10.4. The molecular weight excluding hydrogens is 866 g/mol. The van der Waals surface area contributed by atoms with Crippen LogP contribution in [0.5, 0.6) is 0 Å². The summed E-state index contributed by atoms with van der Waals surface area (Å²) in [4.78, 5) is 57.7. The Balaban J connectivity index is -0.000000636. The number of unbranched alkanes of at least 4 members (excludes halogenated alkanes) is 28. The van der Waals surface area contributed by atoms with E-state index in [4.69, 9.17) is 18.9 Å². The summed E-state index contributed by atoms with van der Waals surface area (Å²) in [6.45, 7) is 12.7. The summed E-state index contributed by atoms with van der Waals surface area (Å²) in [5.74, 6) is 0.127. The number of halogens is 1. The monoisotopic (exact) mass is 976 g/mol. The molecule has 0 fully saturated rings. The minimum absolute atomic E-state index is 0. The van der Waals surface area contributed by atoms with Crippen molar-refractivity contribution in [2.75, 3.05) is 46.1 Å². The first kappa shape index (κ1) is 71.4. The number of alkyl carbamates (subject to hydrolysis) is 2. The van der Waals surface area contributed by atoms with Crippen LogP contribution >= 0.6 is 0 Å². The number of carbonyl (C=O) groups excluding carboxylic acids is 5. The number of hydrogen-bond acceptors (Lipinski definition) is 9. The van der Waals surface area contributed by atoms with Crippen molar-refractivity contribution in [1.82, 2.24) is 16.0 Å². The lowest BCUT2D eigenvalue weighted by Gasteiger charge is -2.07. The van der Waals surface area contributed by atoms with E-state index in [9.17, 15) is 24.0 Å². The van der Waals surface area contributed by atoms with Crippen LogP contribution in [0.1, 0.15) is 279 Å². The van der Waals surface area contributed by atoms with E-state index in [1.807, 2.05) is 0 Å². The highest BCUT2D eigenvalue weighted by Gasteiger charge is 2.05. The van der Waals surface area contributed by atoms with E-state index in [0.717, 1.165) is 129 Å². The lowest BCUT2D eigenvalue weighted by atomic mass is 10.1. The number of amides is 3. The van der Waals surface area contributed by atoms with Gasteiger partial charge in [-0.3, -0.25) is 19.1 Å². The van der Waals surface area contributed by atoms with Crippen LogP contribution in [0.3, 0.4) is 0 Å². The second kappa shape index (κ2) is 61.9. The van der Waals surface area contributed by atoms with Gasteiger partial charge in [0, 0.05) is 38.9 Å². The van der Waals surface area contributed by atoms with Gasteiger partial charge in [-0.05, 0) is 64.2 Å². The second-order valence-electron chi connectivity index (χ2n) is 18.1. The van der Waals surface area contributed by atoms with E-state index in [2.05, 4.69) is 43.6 Å². The summed E-state index contributed by atoms with van der Waals surface area (Å²) in [6, 6.07) is 0. The summed E-state index contributed by atoms with van der Waals surface area (Å²) in [7, 11) is 0. The Morgan fingerprint density at radius 3 is 0.824 bits per heavy atom. The van der Waals surface area contributed by atoms with Crippen LogP contribution in [-0.2, 0) is 33.3 Å². The maximum Gasteiger partial charge on any atom is 0.407 e. The molecular formula is C55H110FN3O9. The molecule has 0 unspecified atom stereocenters. The third-order valence-electron chi connectivity index (χ3n) is 11.5. The fourth-order valence-electron chi connectivity index (χ4n) is 7.13. The molecule has 0 aromatic heterocycles. The van der Waals surface area contributed by atoms with Crippen molar-refractivity contribution in [3.8, 4) is 0 Å². The quantitative estimate of drug-likeness (QED) is 0.0306. The first-order chi connectivity index (χ1) is 32.3. The molecule has 3 N–H and O–H groups in total. The molecule has 406 valence electrons. The zero-order valence-corrected chi connectivity index (χ0v) is 43.9. The topological polar surface area (TPSA) is 158 Å². The Hall–Kier alpha value is -3.12. The molecule has 13 heteroatoms. The molecule has 12 nitrogen and oxygen atoms in total. The molecule has 0 aromatic rings. The molecule has 0 aliphatic heterocycles. The zero-order valence-electron chi connectivity index (χ0n) is 43.9. The van der Waals surface area contributed by atoms with Crippen molar-refractivity contribution in [2.45, 2.75) is 279 Å². The van der Waals surface area contributed by atoms with Gasteiger partial charge in [0.05, 0.1) is 26.4 Å². The zero-order chi connectivity index (χ0) is 48.7. The molecule has 0 atom stereocenters. The summed E-state index contributed by atoms with van der Waals surface area (Å²) in [5.41, 5.74) is 0. The predicted molar refractivity (Wildman–Crippen MR) is 281 cm³/mol. The van der Waals surface area contributed by atoms with Gasteiger partial charge in [-0.15, -0.1) is 0 Å². The standard InChI is InChI=1S/C33H64N2O5.C21H41NO4.CH4.FH/c1-3-5-29-39-32(37)26-22-18-14-10-8-11-15-19-23-27-34-31(36)25-21-17-13-9-7-12-16-20-24-28-35-33(38)40-30-6-4-2;1-3-5-18-25-20(23)16-14-12-10-8-7-9-11-13-15-17-22-21(24)26-19-6-4-2;;/h3-30H2,1-2H3,(H,34,36)(H,35,38);3-19H2,1-2H3,(H,22,24);1H4;1H. The third kappa shape index (κ3) is 62.9. The number of carbonyl (C=O) groups is 5. The molecule has 0 heterocycles. The molecule has 3 amide bonds. The average molecular weight is 976 g/mol. The Labute approximate surface area is 417 Å². The molecule has 0 radical (unpaired) electrons. The minimum atomic E-state index is -0.285. The third-order valence-corrected chi connectivity index (χ3v) is 11.5. The van der Waals surface area contributed by atoms with Gasteiger partial charge in [0.25, 0.3) is 0 Å². The minimum Gasteiger partial charge on any atom is -0.466 e. The van der Waals surface area contributed by atoms with Crippen LogP contribution in [0.25, 0.3) is 0 Å². The Morgan fingerprint density at radius 2 is 0.529 bits per heavy atom. The van der Waals surface area contributed by atoms with Gasteiger partial charge >= 0.3 is 24.1 Å². The van der Waals surface area contributed by atoms with Gasteiger partial charge in [-0.2, -0.15) is 0 Å². The van der Waals surface area contributed by atoms with E-state index >= 15 is 0 Å². The van der Waals surface area contributed by atoms with E-state index in [1.54, 1.807) is 0 Å². The van der Waals surface area contributed by atoms with Crippen molar-refractivity contribution in [1.29, 1.82) is 0 Å². The summed E-state index contributed by atoms with van der Waals surface area (Å²) >= 11 is 0. The largest absolute Gasteiger partial charge is 0.466 e. The molecule has 0 spiro atoms. The molecule has 0 aliphatic carbocycles. The van der Waals surface area contributed by atoms with Crippen LogP contribution in [0.2, 0.25) is 0 Å². The highest BCUT2D eigenvalue weighted by molar-refractivity contribution is 5.75. The smallest absolute Gasteiger partial charge is 0.407 e. The van der Waals surface area contributed by atoms with Crippen LogP contribution < -0.4 is 16.0 Å². The molecule has 0 aromatic carbocycles. The maximum atomic E-state index is 12.0. The van der Waals surface area contributed by atoms with E-state index in [1.165, 1.54) is 103 Å². The van der Waals surface area contributed by atoms with Crippen molar-refractivity contribution >= 4 is 30.0 Å². The number of esters is 2. The van der Waals surface area contributed by atoms with Crippen molar-refractivity contribution in [2.24, 2.45) is 0 Å². The van der Waals surface area contributed by atoms with Crippen molar-refractivity contribution < 1.29 is 47.6 Å². The van der Waals surface area contributed by atoms with Crippen LogP contribution in [0.4, 0.5) is 14.3 Å². The summed E-state index contributed by atoms with van der Waals surface area (Å²) < 4.78 is 20.4. The van der Waals surface area contributed by atoms with Gasteiger partial charge in [0.1, 0.15) is 0 Å². The first-order valence-corrected chi connectivity index (χ1v) is 27.7. The highest BCUT2D eigenvalue weighted by atomic mass is 19.0. The molecule has 0 saturated carbocycles. The van der Waals surface area contributed by atoms with Crippen molar-refractivity contribution in [3.05, 3.63) is 0 Å². The number of ether oxygens (including phenoxy) is 4. The number of nitrogens with one attached hydrogen (secondary N) is 3. The fraction of sp³-hybridized carbons (Fsp3) is 0.909. The Morgan fingerprint density at radius 1 is 0.294 bits per heavy atom. The molecule has 68 heavy (non-hydrogen) atoms. The SMILES string of the molecule is C.CCCCOC(=O)CCCCCCCCCCCNC(=O)CCCCCCCCCCCNC(=O)OCCCC.CCCCOC(=O)CCCCCCCCCCCNC(=O)OCCCC.F. The van der Waals surface area contributed by atoms with Gasteiger partial charge in [-0.1, -0.05) is 196 Å². The molecule has 0 aliphatic rings. The van der Waals surface area contributed by atoms with Gasteiger partial charge in [-0.25, -0.2) is 9.59 Å². The maximum absolute atomic E-state index is 12.0. The Bertz CT molecular complexity index is 1010. The van der Waals surface area contributed by atoms with E-state index in [-0.39, 0.29) is 42.2 Å². The summed E-state index contributed by atoms with van der Waals surface area (Å²) in [6.07, 6.45) is 40.6. The average Bonchev–Trinajstić information content (AvgIpc) is 3.30.